The van der Waals surface area contributed by atoms with Crippen LogP contribution in [0.5, 0.6) is 46.0 Å². The van der Waals surface area contributed by atoms with Crippen LogP contribution < -0.4 is 0 Å². The number of benzene rings is 9. The molecule has 0 amide bonds. The van der Waals surface area contributed by atoms with Gasteiger partial charge in [0.05, 0.1) is 0 Å². The van der Waals surface area contributed by atoms with Crippen LogP contribution >= 0.6 is 0 Å². The number of phenols is 8. The monoisotopic (exact) mass is 1240 g/mol. The lowest BCUT2D eigenvalue weighted by Gasteiger charge is -2.30. The van der Waals surface area contributed by atoms with Crippen LogP contribution in [-0.4, -0.2) is 40.9 Å². The molecule has 0 radical (unpaired) electrons. The van der Waals surface area contributed by atoms with Crippen LogP contribution in [-0.2, 0) is 0 Å². The molecule has 8 nitrogen and oxygen atoms in total. The standard InChI is InChI=1S/C84H106O8/c1-37(2)51-29-59(45(17)18)77(85)69-55(41(9)10)33-63(81(89)73(51)69)67(64-34-56(42(11)12)70-74(82(64)90)52(38(3)4)30-60(46(19)20)78(70)86)49-25-27-50(28-26-49)68(65-35-57(43(13)14)71-75(83(65)91)53(39(5)6)31-61(47(21)22)79(71)87)66-36-58(44(15)16)72-76(84(66)92)54(40(7)8)32-62(48(23)24)80(72)88/h25-48,67-68,85-92H,1-24H3. The van der Waals surface area contributed by atoms with Crippen LogP contribution in [0.15, 0.2) is 72.8 Å². The summed E-state index contributed by atoms with van der Waals surface area (Å²) in [4.78, 5) is 0. The molecule has 8 N–H and O–H groups in total. The van der Waals surface area contributed by atoms with Crippen LogP contribution in [0, 0.1) is 0 Å². The highest BCUT2D eigenvalue weighted by atomic mass is 16.3. The number of fused-ring (bicyclic) bond motifs is 4. The average Bonchev–Trinajstić information content (AvgIpc) is 0.734. The molecular weight excluding hydrogens is 1140 g/mol. The Morgan fingerprint density at radius 1 is 0.163 bits per heavy atom. The predicted octanol–water partition coefficient (Wildman–Crippen LogP) is 23.8. The SMILES string of the molecule is CC(C)c1cc(C(C)C)c2c(O)c(C(c3ccc(C(c4cc(C(C)C)c5c(O)c(C(C)C)cc(C(C)C)c5c4O)c4cc(C(C)C)c5c(O)c(C(C)C)cc(C(C)C)c5c4O)cc3)c3cc(C(C)C)c4c(O)c(C(C)C)cc(C(C)C)c4c3O)cc(C(C)C)c2c1O. The number of aromatic hydroxyl groups is 8. The summed E-state index contributed by atoms with van der Waals surface area (Å²) in [6.45, 7) is 50.3. The van der Waals surface area contributed by atoms with E-state index in [4.69, 9.17) is 0 Å². The molecule has 0 fully saturated rings. The summed E-state index contributed by atoms with van der Waals surface area (Å²) in [5, 5.41) is 109. The zero-order valence-corrected chi connectivity index (χ0v) is 59.6. The maximum atomic E-state index is 13.5. The van der Waals surface area contributed by atoms with Crippen molar-refractivity contribution in [2.24, 2.45) is 0 Å². The van der Waals surface area contributed by atoms with Gasteiger partial charge >= 0.3 is 0 Å². The summed E-state index contributed by atoms with van der Waals surface area (Å²) in [6.07, 6.45) is 0. The van der Waals surface area contributed by atoms with E-state index in [1.165, 1.54) is 0 Å². The molecule has 8 heteroatoms. The van der Waals surface area contributed by atoms with E-state index < -0.39 is 11.8 Å². The molecule has 490 valence electrons. The first-order valence-corrected chi connectivity index (χ1v) is 34.3. The molecule has 9 aromatic rings. The third-order valence-corrected chi connectivity index (χ3v) is 20.2. The van der Waals surface area contributed by atoms with E-state index in [2.05, 4.69) is 166 Å². The molecule has 9 rings (SSSR count). The molecule has 0 saturated carbocycles. The molecule has 0 bridgehead atoms. The van der Waals surface area contributed by atoms with Gasteiger partial charge in [-0.05, 0) is 149 Å². The second-order valence-electron chi connectivity index (χ2n) is 30.6. The fourth-order valence-corrected chi connectivity index (χ4v) is 15.0. The molecule has 9 aromatic carbocycles. The van der Waals surface area contributed by atoms with Crippen molar-refractivity contribution in [3.05, 3.63) is 173 Å². The Bertz CT molecular complexity index is 3800. The quantitative estimate of drug-likeness (QED) is 0.0394. The zero-order chi connectivity index (χ0) is 68.2. The van der Waals surface area contributed by atoms with Gasteiger partial charge in [0, 0.05) is 77.2 Å². The second kappa shape index (κ2) is 25.7. The summed E-state index contributed by atoms with van der Waals surface area (Å²) < 4.78 is 0. The molecule has 0 unspecified atom stereocenters. The van der Waals surface area contributed by atoms with E-state index in [9.17, 15) is 40.9 Å². The normalized spacial score (nSPS) is 12.8. The number of phenolic OH excluding ortho intramolecular Hbond substituents is 8. The fraction of sp³-hybridized carbons (Fsp3) is 0.452. The molecule has 0 spiro atoms. The fourth-order valence-electron chi connectivity index (χ4n) is 15.0. The van der Waals surface area contributed by atoms with Crippen molar-refractivity contribution < 1.29 is 40.9 Å². The van der Waals surface area contributed by atoms with Crippen LogP contribution in [0.1, 0.15) is 349 Å². The molecule has 0 aromatic heterocycles. The second-order valence-corrected chi connectivity index (χ2v) is 30.6. The molecule has 92 heavy (non-hydrogen) atoms. The van der Waals surface area contributed by atoms with Gasteiger partial charge in [-0.25, -0.2) is 0 Å². The first-order chi connectivity index (χ1) is 43.0. The maximum Gasteiger partial charge on any atom is 0.128 e. The Kier molecular flexibility index (Phi) is 19.2. The summed E-state index contributed by atoms with van der Waals surface area (Å²) in [7, 11) is 0. The van der Waals surface area contributed by atoms with E-state index in [1.54, 1.807) is 0 Å². The number of hydrogen-bond acceptors (Lipinski definition) is 8. The molecule has 0 saturated heterocycles. The van der Waals surface area contributed by atoms with E-state index in [1.807, 2.05) is 72.8 Å². The van der Waals surface area contributed by atoms with Gasteiger partial charge in [-0.1, -0.05) is 239 Å². The van der Waals surface area contributed by atoms with Gasteiger partial charge in [0.25, 0.3) is 0 Å². The summed E-state index contributed by atoms with van der Waals surface area (Å²) in [6, 6.07) is 24.4. The van der Waals surface area contributed by atoms with Crippen LogP contribution in [0.3, 0.4) is 0 Å². The van der Waals surface area contributed by atoms with Crippen molar-refractivity contribution in [1.82, 2.24) is 0 Å². The van der Waals surface area contributed by atoms with E-state index in [0.29, 0.717) is 65.3 Å². The molecule has 0 aliphatic carbocycles. The lowest BCUT2D eigenvalue weighted by atomic mass is 9.74. The Hall–Kier alpha value is -7.58. The van der Waals surface area contributed by atoms with Gasteiger partial charge in [-0.15, -0.1) is 0 Å². The highest BCUT2D eigenvalue weighted by molar-refractivity contribution is 6.05. The van der Waals surface area contributed by atoms with Crippen molar-refractivity contribution in [2.45, 2.75) is 249 Å². The minimum absolute atomic E-state index is 0.00221. The molecule has 0 heterocycles. The van der Waals surface area contributed by atoms with E-state index in [-0.39, 0.29) is 117 Å². The summed E-state index contributed by atoms with van der Waals surface area (Å²) >= 11 is 0. The lowest BCUT2D eigenvalue weighted by Crippen LogP contribution is -2.11. The van der Waals surface area contributed by atoms with Crippen LogP contribution in [0.2, 0.25) is 0 Å². The lowest BCUT2D eigenvalue weighted by molar-refractivity contribution is 0.458. The van der Waals surface area contributed by atoms with Gasteiger partial charge < -0.3 is 40.9 Å². The zero-order valence-electron chi connectivity index (χ0n) is 59.6. The Balaban J connectivity index is 1.49. The summed E-state index contributed by atoms with van der Waals surface area (Å²) in [5.41, 5.74) is 13.8. The smallest absolute Gasteiger partial charge is 0.128 e. The van der Waals surface area contributed by atoms with Gasteiger partial charge in [-0.3, -0.25) is 0 Å². The Morgan fingerprint density at radius 2 is 0.272 bits per heavy atom. The molecular formula is C84H106O8. The average molecular weight is 1240 g/mol. The van der Waals surface area contributed by atoms with Crippen molar-refractivity contribution in [3.8, 4) is 46.0 Å². The first-order valence-electron chi connectivity index (χ1n) is 34.3. The molecule has 0 aliphatic heterocycles. The van der Waals surface area contributed by atoms with Crippen molar-refractivity contribution >= 4 is 43.1 Å². The predicted molar refractivity (Wildman–Crippen MR) is 387 cm³/mol. The molecule has 0 atom stereocenters. The Morgan fingerprint density at radius 3 is 0.391 bits per heavy atom. The van der Waals surface area contributed by atoms with Crippen LogP contribution in [0.4, 0.5) is 0 Å². The summed E-state index contributed by atoms with van der Waals surface area (Å²) in [5.74, 6) is -1.86. The van der Waals surface area contributed by atoms with Gasteiger partial charge in [-0.2, -0.15) is 0 Å². The number of hydrogen-bond donors (Lipinski definition) is 8. The van der Waals surface area contributed by atoms with E-state index in [0.717, 1.165) is 77.9 Å². The highest BCUT2D eigenvalue weighted by Crippen LogP contribution is 2.58. The van der Waals surface area contributed by atoms with Crippen molar-refractivity contribution in [3.63, 3.8) is 0 Å². The van der Waals surface area contributed by atoms with Gasteiger partial charge in [0.2, 0.25) is 0 Å². The van der Waals surface area contributed by atoms with Gasteiger partial charge in [0.15, 0.2) is 0 Å². The highest BCUT2D eigenvalue weighted by Gasteiger charge is 2.37. The Labute approximate surface area is 549 Å². The van der Waals surface area contributed by atoms with Crippen molar-refractivity contribution in [2.75, 3.05) is 0 Å². The third-order valence-electron chi connectivity index (χ3n) is 20.2. The number of rotatable bonds is 18. The largest absolute Gasteiger partial charge is 0.507 e. The first kappa shape index (κ1) is 68.8. The van der Waals surface area contributed by atoms with Gasteiger partial charge in [0.1, 0.15) is 46.0 Å². The van der Waals surface area contributed by atoms with Crippen molar-refractivity contribution in [1.29, 1.82) is 0 Å². The third kappa shape index (κ3) is 11.5. The maximum absolute atomic E-state index is 13.5. The topological polar surface area (TPSA) is 162 Å². The minimum atomic E-state index is -0.855. The van der Waals surface area contributed by atoms with Crippen LogP contribution in [0.25, 0.3) is 43.1 Å². The minimum Gasteiger partial charge on any atom is -0.507 e. The van der Waals surface area contributed by atoms with E-state index >= 15 is 0 Å². The molecule has 0 aliphatic rings.